The summed E-state index contributed by atoms with van der Waals surface area (Å²) in [6, 6.07) is 14.1. The van der Waals surface area contributed by atoms with Crippen molar-refractivity contribution in [3.8, 4) is 40.0 Å². The number of aromatic hydroxyl groups is 3. The molecule has 2 heterocycles. The standard InChI is InChI=1S/C23H23N5O3/c1-13(2)17-9-18(20(30)10-19(17)29)22-26-27-23(31)28(22)12-14-3-5-15(6-4-14)16-7-8-21(24)25-11-16/h3-11,13,29-30H,12H2,1-2H3,(H2,24,25)(H,27,31). The van der Waals surface area contributed by atoms with Crippen LogP contribution in [0.3, 0.4) is 0 Å². The summed E-state index contributed by atoms with van der Waals surface area (Å²) in [5, 5.41) is 38.6. The zero-order chi connectivity index (χ0) is 22.1. The summed E-state index contributed by atoms with van der Waals surface area (Å²) >= 11 is 0. The van der Waals surface area contributed by atoms with Crippen LogP contribution in [0.1, 0.15) is 30.9 Å². The molecule has 2 aromatic carbocycles. The first kappa shape index (κ1) is 20.2. The number of anilines is 1. The van der Waals surface area contributed by atoms with Crippen molar-refractivity contribution in [3.05, 3.63) is 65.9 Å². The van der Waals surface area contributed by atoms with E-state index in [1.807, 2.05) is 44.2 Å². The third kappa shape index (κ3) is 4.00. The smallest absolute Gasteiger partial charge is 0.315 e. The summed E-state index contributed by atoms with van der Waals surface area (Å²) in [6.07, 6.45) is 1.72. The molecule has 31 heavy (non-hydrogen) atoms. The number of nitrogen functional groups attached to an aromatic ring is 1. The van der Waals surface area contributed by atoms with Crippen molar-refractivity contribution in [3.63, 3.8) is 0 Å². The maximum atomic E-state index is 10.4. The lowest BCUT2D eigenvalue weighted by Crippen LogP contribution is -2.03. The Hall–Kier alpha value is -4.07. The molecule has 0 atom stereocenters. The molecule has 2 aromatic heterocycles. The number of hydrogen-bond acceptors (Lipinski definition) is 7. The van der Waals surface area contributed by atoms with Gasteiger partial charge in [-0.1, -0.05) is 43.2 Å². The normalized spacial score (nSPS) is 11.2. The second-order valence-electron chi connectivity index (χ2n) is 7.66. The topological polar surface area (TPSA) is 130 Å². The molecule has 4 rings (SSSR count). The van der Waals surface area contributed by atoms with E-state index in [0.717, 1.165) is 16.7 Å². The minimum absolute atomic E-state index is 0.0132. The van der Waals surface area contributed by atoms with E-state index in [-0.39, 0.29) is 23.4 Å². The van der Waals surface area contributed by atoms with Crippen LogP contribution in [0.15, 0.2) is 54.7 Å². The van der Waals surface area contributed by atoms with Crippen molar-refractivity contribution < 1.29 is 15.3 Å². The van der Waals surface area contributed by atoms with E-state index in [4.69, 9.17) is 5.73 Å². The van der Waals surface area contributed by atoms with E-state index < -0.39 is 0 Å². The first-order valence-electron chi connectivity index (χ1n) is 9.82. The predicted octanol–water partition coefficient (Wildman–Crippen LogP) is 3.88. The Balaban J connectivity index is 1.66. The van der Waals surface area contributed by atoms with Gasteiger partial charge in [-0.05, 0) is 40.8 Å². The highest BCUT2D eigenvalue weighted by Crippen LogP contribution is 2.38. The summed E-state index contributed by atoms with van der Waals surface area (Å²) in [4.78, 5) is 4.11. The van der Waals surface area contributed by atoms with Crippen LogP contribution in [0.2, 0.25) is 0 Å². The lowest BCUT2D eigenvalue weighted by atomic mass is 9.98. The Labute approximate surface area is 179 Å². The average molecular weight is 417 g/mol. The second kappa shape index (κ2) is 7.98. The van der Waals surface area contributed by atoms with Crippen molar-refractivity contribution in [2.45, 2.75) is 26.3 Å². The van der Waals surface area contributed by atoms with Crippen LogP contribution in [0.5, 0.6) is 17.5 Å². The fourth-order valence-corrected chi connectivity index (χ4v) is 3.44. The second-order valence-corrected chi connectivity index (χ2v) is 7.66. The number of nitrogens with two attached hydrogens (primary N) is 1. The van der Waals surface area contributed by atoms with E-state index in [2.05, 4.69) is 15.2 Å². The van der Waals surface area contributed by atoms with Gasteiger partial charge in [0.2, 0.25) is 0 Å². The third-order valence-electron chi connectivity index (χ3n) is 5.15. The van der Waals surface area contributed by atoms with Gasteiger partial charge in [0.1, 0.15) is 17.3 Å². The van der Waals surface area contributed by atoms with Crippen LogP contribution in [0, 0.1) is 0 Å². The SMILES string of the molecule is CC(C)c1cc(-c2nnc(O)n2Cc2ccc(-c3ccc(N)nc3)cc2)c(O)cc1O. The van der Waals surface area contributed by atoms with Gasteiger partial charge in [-0.25, -0.2) is 4.98 Å². The Morgan fingerprint density at radius 1 is 0.903 bits per heavy atom. The molecule has 158 valence electrons. The van der Waals surface area contributed by atoms with Crippen LogP contribution in [0.25, 0.3) is 22.5 Å². The number of benzene rings is 2. The van der Waals surface area contributed by atoms with E-state index in [0.29, 0.717) is 29.3 Å². The van der Waals surface area contributed by atoms with Crippen molar-refractivity contribution in [1.82, 2.24) is 19.7 Å². The minimum atomic E-state index is -0.264. The van der Waals surface area contributed by atoms with Crippen molar-refractivity contribution in [2.24, 2.45) is 0 Å². The average Bonchev–Trinajstić information content (AvgIpc) is 3.09. The fraction of sp³-hybridized carbons (Fsp3) is 0.174. The van der Waals surface area contributed by atoms with Gasteiger partial charge in [0, 0.05) is 17.8 Å². The third-order valence-corrected chi connectivity index (χ3v) is 5.15. The molecular formula is C23H23N5O3. The molecule has 4 aromatic rings. The van der Waals surface area contributed by atoms with Gasteiger partial charge in [0.05, 0.1) is 12.1 Å². The Bertz CT molecular complexity index is 1220. The van der Waals surface area contributed by atoms with Gasteiger partial charge >= 0.3 is 6.01 Å². The molecule has 0 aliphatic rings. The van der Waals surface area contributed by atoms with Gasteiger partial charge in [-0.3, -0.25) is 4.57 Å². The van der Waals surface area contributed by atoms with Gasteiger partial charge in [0.15, 0.2) is 5.82 Å². The quantitative estimate of drug-likeness (QED) is 0.388. The number of aromatic nitrogens is 4. The zero-order valence-electron chi connectivity index (χ0n) is 17.2. The summed E-state index contributed by atoms with van der Waals surface area (Å²) in [5.74, 6) is 0.693. The van der Waals surface area contributed by atoms with Crippen molar-refractivity contribution in [1.29, 1.82) is 0 Å². The van der Waals surface area contributed by atoms with Crippen LogP contribution >= 0.6 is 0 Å². The number of phenolic OH excluding ortho intramolecular Hbond substituents is 2. The summed E-state index contributed by atoms with van der Waals surface area (Å²) < 4.78 is 1.51. The minimum Gasteiger partial charge on any atom is -0.508 e. The van der Waals surface area contributed by atoms with Gasteiger partial charge in [-0.2, -0.15) is 0 Å². The van der Waals surface area contributed by atoms with Crippen LogP contribution in [-0.2, 0) is 6.54 Å². The highest BCUT2D eigenvalue weighted by molar-refractivity contribution is 5.68. The first-order chi connectivity index (χ1) is 14.8. The molecular weight excluding hydrogens is 394 g/mol. The van der Waals surface area contributed by atoms with Gasteiger partial charge in [-0.15, -0.1) is 5.10 Å². The van der Waals surface area contributed by atoms with Crippen LogP contribution in [-0.4, -0.2) is 35.1 Å². The number of phenols is 2. The lowest BCUT2D eigenvalue weighted by Gasteiger charge is -2.14. The Morgan fingerprint density at radius 3 is 2.26 bits per heavy atom. The Morgan fingerprint density at radius 2 is 1.61 bits per heavy atom. The molecule has 8 heteroatoms. The summed E-state index contributed by atoms with van der Waals surface area (Å²) in [6.45, 7) is 4.18. The molecule has 0 radical (unpaired) electrons. The number of nitrogens with zero attached hydrogens (tertiary/aromatic N) is 4. The van der Waals surface area contributed by atoms with E-state index in [9.17, 15) is 15.3 Å². The molecule has 0 amide bonds. The highest BCUT2D eigenvalue weighted by Gasteiger charge is 2.20. The zero-order valence-corrected chi connectivity index (χ0v) is 17.2. The molecule has 0 saturated carbocycles. The first-order valence-corrected chi connectivity index (χ1v) is 9.82. The molecule has 0 aliphatic heterocycles. The van der Waals surface area contributed by atoms with Crippen LogP contribution < -0.4 is 5.73 Å². The maximum absolute atomic E-state index is 10.4. The Kier molecular flexibility index (Phi) is 5.21. The van der Waals surface area contributed by atoms with Gasteiger partial charge < -0.3 is 21.1 Å². The molecule has 0 spiro atoms. The summed E-state index contributed by atoms with van der Waals surface area (Å²) in [7, 11) is 0. The largest absolute Gasteiger partial charge is 0.508 e. The van der Waals surface area contributed by atoms with E-state index >= 15 is 0 Å². The molecule has 0 saturated heterocycles. The molecule has 0 bridgehead atoms. The number of rotatable bonds is 5. The highest BCUT2D eigenvalue weighted by atomic mass is 16.3. The van der Waals surface area contributed by atoms with Gasteiger partial charge in [0.25, 0.3) is 0 Å². The molecule has 8 nitrogen and oxygen atoms in total. The molecule has 5 N–H and O–H groups in total. The molecule has 0 unspecified atom stereocenters. The fourth-order valence-electron chi connectivity index (χ4n) is 3.44. The van der Waals surface area contributed by atoms with E-state index in [1.165, 1.54) is 10.6 Å². The van der Waals surface area contributed by atoms with Crippen molar-refractivity contribution >= 4 is 5.82 Å². The van der Waals surface area contributed by atoms with E-state index in [1.54, 1.807) is 18.3 Å². The monoisotopic (exact) mass is 417 g/mol. The van der Waals surface area contributed by atoms with Crippen molar-refractivity contribution in [2.75, 3.05) is 5.73 Å². The predicted molar refractivity (Wildman–Crippen MR) is 118 cm³/mol. The lowest BCUT2D eigenvalue weighted by molar-refractivity contribution is 0.404. The molecule has 0 aliphatic carbocycles. The number of pyridine rings is 1. The summed E-state index contributed by atoms with van der Waals surface area (Å²) in [5.41, 5.74) is 9.55. The maximum Gasteiger partial charge on any atom is 0.315 e. The molecule has 0 fully saturated rings. The van der Waals surface area contributed by atoms with Crippen LogP contribution in [0.4, 0.5) is 5.82 Å². The number of hydrogen-bond donors (Lipinski definition) is 4.